The van der Waals surface area contributed by atoms with Crippen LogP contribution in [-0.4, -0.2) is 43.6 Å². The van der Waals surface area contributed by atoms with Crippen LogP contribution in [0.5, 0.6) is 17.2 Å². The number of H-pyrrole nitrogens is 1. The SMILES string of the molecule is COc1ccc(/C=N/NC(=O)c2cc(-c3ccc(Cl)cc3)n[nH]2)c(OC)c1OC. The van der Waals surface area contributed by atoms with Gasteiger partial charge in [-0.05, 0) is 30.3 Å². The molecule has 0 atom stereocenters. The van der Waals surface area contributed by atoms with Gasteiger partial charge in [-0.15, -0.1) is 0 Å². The third kappa shape index (κ3) is 4.49. The van der Waals surface area contributed by atoms with Crippen LogP contribution < -0.4 is 19.6 Å². The standard InChI is InChI=1S/C20H19ClN4O4/c1-27-17-9-6-13(18(28-2)19(17)29-3)11-22-25-20(26)16-10-15(23-24-16)12-4-7-14(21)8-5-12/h4-11H,1-3H3,(H,23,24)(H,25,26)/b22-11+. The first-order chi connectivity index (χ1) is 14.1. The predicted octanol–water partition coefficient (Wildman–Crippen LogP) is 3.52. The Morgan fingerprint density at radius 2 is 1.79 bits per heavy atom. The summed E-state index contributed by atoms with van der Waals surface area (Å²) in [6.07, 6.45) is 1.45. The summed E-state index contributed by atoms with van der Waals surface area (Å²) < 4.78 is 15.9. The molecule has 0 saturated heterocycles. The van der Waals surface area contributed by atoms with Gasteiger partial charge in [0, 0.05) is 16.1 Å². The van der Waals surface area contributed by atoms with Crippen LogP contribution in [0.15, 0.2) is 47.6 Å². The van der Waals surface area contributed by atoms with Gasteiger partial charge in [-0.2, -0.15) is 10.2 Å². The highest BCUT2D eigenvalue weighted by Crippen LogP contribution is 2.38. The Hall–Kier alpha value is -3.52. The molecule has 0 aliphatic heterocycles. The highest BCUT2D eigenvalue weighted by molar-refractivity contribution is 6.30. The molecule has 0 aliphatic rings. The second kappa shape index (κ2) is 9.11. The Labute approximate surface area is 172 Å². The maximum absolute atomic E-state index is 12.3. The summed E-state index contributed by atoms with van der Waals surface area (Å²) in [6.45, 7) is 0. The molecule has 29 heavy (non-hydrogen) atoms. The van der Waals surface area contributed by atoms with E-state index in [1.807, 2.05) is 12.1 Å². The number of hydrogen-bond acceptors (Lipinski definition) is 6. The van der Waals surface area contributed by atoms with Crippen molar-refractivity contribution in [3.63, 3.8) is 0 Å². The van der Waals surface area contributed by atoms with Gasteiger partial charge in [0.25, 0.3) is 5.91 Å². The number of benzene rings is 2. The number of amides is 1. The molecule has 0 fully saturated rings. The summed E-state index contributed by atoms with van der Waals surface area (Å²) >= 11 is 5.89. The van der Waals surface area contributed by atoms with Crippen molar-refractivity contribution in [3.05, 3.63) is 58.7 Å². The lowest BCUT2D eigenvalue weighted by molar-refractivity contribution is 0.0950. The van der Waals surface area contributed by atoms with Crippen LogP contribution in [0, 0.1) is 0 Å². The maximum Gasteiger partial charge on any atom is 0.289 e. The molecule has 2 N–H and O–H groups in total. The van der Waals surface area contributed by atoms with Gasteiger partial charge >= 0.3 is 0 Å². The molecule has 0 bridgehead atoms. The van der Waals surface area contributed by atoms with Gasteiger partial charge < -0.3 is 14.2 Å². The van der Waals surface area contributed by atoms with Gasteiger partial charge in [0.05, 0.1) is 33.2 Å². The lowest BCUT2D eigenvalue weighted by atomic mass is 10.1. The molecule has 1 heterocycles. The third-order valence-electron chi connectivity index (χ3n) is 4.07. The lowest BCUT2D eigenvalue weighted by Gasteiger charge is -2.13. The molecule has 0 unspecified atom stereocenters. The van der Waals surface area contributed by atoms with Gasteiger partial charge in [0.2, 0.25) is 5.75 Å². The number of carbonyl (C=O) groups excluding carboxylic acids is 1. The van der Waals surface area contributed by atoms with E-state index >= 15 is 0 Å². The molecule has 3 rings (SSSR count). The minimum Gasteiger partial charge on any atom is -0.493 e. The highest BCUT2D eigenvalue weighted by atomic mass is 35.5. The minimum absolute atomic E-state index is 0.270. The normalized spacial score (nSPS) is 10.8. The Morgan fingerprint density at radius 3 is 2.45 bits per heavy atom. The van der Waals surface area contributed by atoms with E-state index < -0.39 is 5.91 Å². The Kier molecular flexibility index (Phi) is 6.36. The number of aromatic amines is 1. The van der Waals surface area contributed by atoms with E-state index in [1.165, 1.54) is 27.5 Å². The summed E-state index contributed by atoms with van der Waals surface area (Å²) in [4.78, 5) is 12.3. The first-order valence-electron chi connectivity index (χ1n) is 8.51. The highest BCUT2D eigenvalue weighted by Gasteiger charge is 2.15. The fraction of sp³-hybridized carbons (Fsp3) is 0.150. The van der Waals surface area contributed by atoms with Crippen molar-refractivity contribution < 1.29 is 19.0 Å². The van der Waals surface area contributed by atoms with Crippen molar-refractivity contribution in [2.75, 3.05) is 21.3 Å². The fourth-order valence-electron chi connectivity index (χ4n) is 2.65. The van der Waals surface area contributed by atoms with Crippen molar-refractivity contribution in [2.24, 2.45) is 5.10 Å². The summed E-state index contributed by atoms with van der Waals surface area (Å²) in [5, 5.41) is 11.4. The second-order valence-electron chi connectivity index (χ2n) is 5.80. The number of nitrogens with one attached hydrogen (secondary N) is 2. The minimum atomic E-state index is -0.437. The van der Waals surface area contributed by atoms with E-state index in [-0.39, 0.29) is 5.69 Å². The number of rotatable bonds is 7. The molecule has 2 aromatic carbocycles. The van der Waals surface area contributed by atoms with Crippen molar-refractivity contribution >= 4 is 23.7 Å². The monoisotopic (exact) mass is 414 g/mol. The quantitative estimate of drug-likeness (QED) is 0.455. The summed E-state index contributed by atoms with van der Waals surface area (Å²) in [5.41, 5.74) is 4.79. The zero-order chi connectivity index (χ0) is 20.8. The molecule has 8 nitrogen and oxygen atoms in total. The lowest BCUT2D eigenvalue weighted by Crippen LogP contribution is -2.18. The molecule has 1 aromatic heterocycles. The average molecular weight is 415 g/mol. The van der Waals surface area contributed by atoms with Crippen LogP contribution in [-0.2, 0) is 0 Å². The molecule has 3 aromatic rings. The van der Waals surface area contributed by atoms with E-state index in [1.54, 1.807) is 30.3 Å². The molecule has 150 valence electrons. The molecule has 0 saturated carbocycles. The van der Waals surface area contributed by atoms with E-state index in [2.05, 4.69) is 20.7 Å². The molecular weight excluding hydrogens is 396 g/mol. The van der Waals surface area contributed by atoms with Crippen LogP contribution in [0.25, 0.3) is 11.3 Å². The van der Waals surface area contributed by atoms with Crippen molar-refractivity contribution in [1.82, 2.24) is 15.6 Å². The molecule has 0 radical (unpaired) electrons. The summed E-state index contributed by atoms with van der Waals surface area (Å²) in [7, 11) is 4.56. The van der Waals surface area contributed by atoms with Crippen molar-refractivity contribution in [1.29, 1.82) is 0 Å². The molecular formula is C20H19ClN4O4. The van der Waals surface area contributed by atoms with Gasteiger partial charge in [-0.1, -0.05) is 23.7 Å². The van der Waals surface area contributed by atoms with Crippen LogP contribution in [0.1, 0.15) is 16.1 Å². The molecule has 0 aliphatic carbocycles. The van der Waals surface area contributed by atoms with E-state index in [0.29, 0.717) is 33.5 Å². The van der Waals surface area contributed by atoms with Crippen LogP contribution in [0.4, 0.5) is 0 Å². The third-order valence-corrected chi connectivity index (χ3v) is 4.32. The number of nitrogens with zero attached hydrogens (tertiary/aromatic N) is 2. The number of ether oxygens (including phenoxy) is 3. The Balaban J connectivity index is 1.73. The number of halogens is 1. The summed E-state index contributed by atoms with van der Waals surface area (Å²) in [6, 6.07) is 12.2. The second-order valence-corrected chi connectivity index (χ2v) is 6.23. The van der Waals surface area contributed by atoms with E-state index in [4.69, 9.17) is 25.8 Å². The number of methoxy groups -OCH3 is 3. The number of hydrazone groups is 1. The molecule has 0 spiro atoms. The predicted molar refractivity (Wildman–Crippen MR) is 110 cm³/mol. The van der Waals surface area contributed by atoms with Gasteiger partial charge in [0.1, 0.15) is 5.69 Å². The van der Waals surface area contributed by atoms with Gasteiger partial charge in [0.15, 0.2) is 11.5 Å². The zero-order valence-corrected chi connectivity index (χ0v) is 16.8. The number of carbonyl (C=O) groups is 1. The Morgan fingerprint density at radius 1 is 1.07 bits per heavy atom. The van der Waals surface area contributed by atoms with E-state index in [0.717, 1.165) is 5.56 Å². The average Bonchev–Trinajstić information content (AvgIpc) is 3.24. The number of aromatic nitrogens is 2. The zero-order valence-electron chi connectivity index (χ0n) is 16.0. The summed E-state index contributed by atoms with van der Waals surface area (Å²) in [5.74, 6) is 0.967. The first kappa shape index (κ1) is 20.2. The smallest absolute Gasteiger partial charge is 0.289 e. The topological polar surface area (TPSA) is 97.8 Å². The maximum atomic E-state index is 12.3. The first-order valence-corrected chi connectivity index (χ1v) is 8.89. The number of hydrogen-bond donors (Lipinski definition) is 2. The fourth-order valence-corrected chi connectivity index (χ4v) is 2.78. The van der Waals surface area contributed by atoms with Gasteiger partial charge in [-0.3, -0.25) is 9.89 Å². The van der Waals surface area contributed by atoms with Crippen molar-refractivity contribution in [2.45, 2.75) is 0 Å². The van der Waals surface area contributed by atoms with Crippen molar-refractivity contribution in [3.8, 4) is 28.5 Å². The molecule has 1 amide bonds. The van der Waals surface area contributed by atoms with Crippen LogP contribution in [0.3, 0.4) is 0 Å². The van der Waals surface area contributed by atoms with Crippen LogP contribution in [0.2, 0.25) is 5.02 Å². The largest absolute Gasteiger partial charge is 0.493 e. The van der Waals surface area contributed by atoms with E-state index in [9.17, 15) is 4.79 Å². The van der Waals surface area contributed by atoms with Crippen LogP contribution >= 0.6 is 11.6 Å². The van der Waals surface area contributed by atoms with Gasteiger partial charge in [-0.25, -0.2) is 5.43 Å². The Bertz CT molecular complexity index is 1030. The molecule has 9 heteroatoms.